The molecule has 24 heavy (non-hydrogen) atoms. The first-order chi connectivity index (χ1) is 11.7. The Balaban J connectivity index is 1.91. The summed E-state index contributed by atoms with van der Waals surface area (Å²) in [7, 11) is 0. The van der Waals surface area contributed by atoms with Crippen molar-refractivity contribution in [1.82, 2.24) is 9.97 Å². The van der Waals surface area contributed by atoms with E-state index in [4.69, 9.17) is 11.6 Å². The lowest BCUT2D eigenvalue weighted by molar-refractivity contribution is 0.632. The number of benzene rings is 2. The van der Waals surface area contributed by atoms with Crippen LogP contribution in [0.3, 0.4) is 0 Å². The van der Waals surface area contributed by atoms with E-state index in [9.17, 15) is 4.39 Å². The predicted octanol–water partition coefficient (Wildman–Crippen LogP) is 5.89. The fraction of sp³-hybridized carbons (Fsp3) is 0. The summed E-state index contributed by atoms with van der Waals surface area (Å²) in [6, 6.07) is 16.4. The van der Waals surface area contributed by atoms with Crippen molar-refractivity contribution in [3.8, 4) is 11.1 Å². The van der Waals surface area contributed by atoms with Gasteiger partial charge in [-0.25, -0.2) is 9.37 Å². The Labute approximate surface area is 146 Å². The maximum Gasteiger partial charge on any atom is 0.225 e. The molecule has 118 valence electrons. The Morgan fingerprint density at radius 3 is 2.50 bits per heavy atom. The van der Waals surface area contributed by atoms with Gasteiger partial charge >= 0.3 is 0 Å². The number of para-hydroxylation sites is 1. The minimum absolute atomic E-state index is 0.128. The van der Waals surface area contributed by atoms with Crippen LogP contribution in [0.1, 0.15) is 0 Å². The molecule has 0 aliphatic rings. The molecule has 0 atom stereocenters. The van der Waals surface area contributed by atoms with Crippen molar-refractivity contribution in [3.63, 3.8) is 0 Å². The first kappa shape index (κ1) is 15.1. The molecule has 0 unspecified atom stereocenters. The van der Waals surface area contributed by atoms with Crippen molar-refractivity contribution in [2.75, 3.05) is 5.32 Å². The molecule has 0 spiro atoms. The van der Waals surface area contributed by atoms with Crippen LogP contribution in [0, 0.1) is 5.82 Å². The summed E-state index contributed by atoms with van der Waals surface area (Å²) >= 11 is 7.52. The molecule has 4 aromatic rings. The second kappa shape index (κ2) is 6.19. The van der Waals surface area contributed by atoms with Gasteiger partial charge in [-0.05, 0) is 29.3 Å². The van der Waals surface area contributed by atoms with E-state index in [0.29, 0.717) is 11.5 Å². The highest BCUT2D eigenvalue weighted by molar-refractivity contribution is 7.17. The van der Waals surface area contributed by atoms with Crippen molar-refractivity contribution in [3.05, 3.63) is 71.1 Å². The average Bonchev–Trinajstić information content (AvgIpc) is 3.01. The normalized spacial score (nSPS) is 10.9. The van der Waals surface area contributed by atoms with E-state index >= 15 is 0 Å². The van der Waals surface area contributed by atoms with Gasteiger partial charge in [0.1, 0.15) is 16.5 Å². The lowest BCUT2D eigenvalue weighted by Gasteiger charge is -2.10. The van der Waals surface area contributed by atoms with Crippen LogP contribution in [-0.2, 0) is 0 Å². The Hall–Kier alpha value is -2.50. The molecular weight excluding hydrogens is 345 g/mol. The molecule has 0 radical (unpaired) electrons. The van der Waals surface area contributed by atoms with Crippen LogP contribution in [0.4, 0.5) is 15.9 Å². The molecule has 2 heterocycles. The molecule has 2 aromatic heterocycles. The van der Waals surface area contributed by atoms with E-state index in [1.165, 1.54) is 17.4 Å². The average molecular weight is 356 g/mol. The standard InChI is InChI=1S/C18H11ClFN3S/c19-18-22-16(21-14-9-5-4-8-13(14)20)15-12(10-24-17(15)23-18)11-6-2-1-3-7-11/h1-10H,(H,21,22,23). The summed E-state index contributed by atoms with van der Waals surface area (Å²) in [6.45, 7) is 0. The van der Waals surface area contributed by atoms with E-state index in [-0.39, 0.29) is 11.1 Å². The summed E-state index contributed by atoms with van der Waals surface area (Å²) in [5, 5.41) is 6.02. The SMILES string of the molecule is Fc1ccccc1Nc1nc(Cl)nc2scc(-c3ccccc3)c12. The number of aromatic nitrogens is 2. The fourth-order valence-corrected chi connectivity index (χ4v) is 3.69. The van der Waals surface area contributed by atoms with Gasteiger partial charge < -0.3 is 5.32 Å². The molecule has 1 N–H and O–H groups in total. The number of fused-ring (bicyclic) bond motifs is 1. The van der Waals surface area contributed by atoms with Gasteiger partial charge in [-0.3, -0.25) is 0 Å². The van der Waals surface area contributed by atoms with Crippen molar-refractivity contribution >= 4 is 44.7 Å². The lowest BCUT2D eigenvalue weighted by Crippen LogP contribution is -1.98. The maximum atomic E-state index is 14.0. The third kappa shape index (κ3) is 2.72. The number of nitrogens with zero attached hydrogens (tertiary/aromatic N) is 2. The van der Waals surface area contributed by atoms with Crippen LogP contribution in [0.2, 0.25) is 5.28 Å². The van der Waals surface area contributed by atoms with Crippen molar-refractivity contribution in [2.24, 2.45) is 0 Å². The largest absolute Gasteiger partial charge is 0.337 e. The van der Waals surface area contributed by atoms with Crippen LogP contribution in [0.5, 0.6) is 0 Å². The van der Waals surface area contributed by atoms with Gasteiger partial charge in [0, 0.05) is 10.9 Å². The summed E-state index contributed by atoms with van der Waals surface area (Å²) in [5.41, 5.74) is 2.39. The molecular formula is C18H11ClFN3S. The highest BCUT2D eigenvalue weighted by Crippen LogP contribution is 2.38. The molecule has 0 amide bonds. The van der Waals surface area contributed by atoms with E-state index in [2.05, 4.69) is 15.3 Å². The predicted molar refractivity (Wildman–Crippen MR) is 97.5 cm³/mol. The summed E-state index contributed by atoms with van der Waals surface area (Å²) < 4.78 is 14.0. The highest BCUT2D eigenvalue weighted by Gasteiger charge is 2.15. The quantitative estimate of drug-likeness (QED) is 0.465. The number of thiophene rings is 1. The number of anilines is 2. The van der Waals surface area contributed by atoms with Gasteiger partial charge in [-0.2, -0.15) is 4.98 Å². The number of nitrogens with one attached hydrogen (secondary N) is 1. The zero-order valence-corrected chi connectivity index (χ0v) is 13.9. The van der Waals surface area contributed by atoms with E-state index in [1.54, 1.807) is 18.2 Å². The Morgan fingerprint density at radius 1 is 0.958 bits per heavy atom. The smallest absolute Gasteiger partial charge is 0.225 e. The van der Waals surface area contributed by atoms with Crippen LogP contribution in [-0.4, -0.2) is 9.97 Å². The van der Waals surface area contributed by atoms with Crippen molar-refractivity contribution in [1.29, 1.82) is 0 Å². The molecule has 6 heteroatoms. The van der Waals surface area contributed by atoms with Gasteiger partial charge in [0.2, 0.25) is 5.28 Å². The number of hydrogen-bond donors (Lipinski definition) is 1. The number of hydrogen-bond acceptors (Lipinski definition) is 4. The molecule has 2 aromatic carbocycles. The summed E-state index contributed by atoms with van der Waals surface area (Å²) in [4.78, 5) is 9.32. The molecule has 0 fully saturated rings. The third-order valence-electron chi connectivity index (χ3n) is 3.62. The van der Waals surface area contributed by atoms with Gasteiger partial charge in [-0.1, -0.05) is 42.5 Å². The van der Waals surface area contributed by atoms with Crippen LogP contribution < -0.4 is 5.32 Å². The second-order valence-electron chi connectivity index (χ2n) is 5.14. The molecule has 0 aliphatic carbocycles. The highest BCUT2D eigenvalue weighted by atomic mass is 35.5. The third-order valence-corrected chi connectivity index (χ3v) is 4.66. The lowest BCUT2D eigenvalue weighted by atomic mass is 10.1. The van der Waals surface area contributed by atoms with Gasteiger partial charge in [0.25, 0.3) is 0 Å². The minimum atomic E-state index is -0.350. The fourth-order valence-electron chi connectivity index (χ4n) is 2.53. The van der Waals surface area contributed by atoms with Crippen LogP contribution >= 0.6 is 22.9 Å². The molecule has 0 saturated heterocycles. The maximum absolute atomic E-state index is 14.0. The molecule has 4 rings (SSSR count). The van der Waals surface area contributed by atoms with Gasteiger partial charge in [0.15, 0.2) is 0 Å². The summed E-state index contributed by atoms with van der Waals surface area (Å²) in [5.74, 6) is 0.145. The first-order valence-electron chi connectivity index (χ1n) is 7.24. The number of halogens is 2. The van der Waals surface area contributed by atoms with Crippen LogP contribution in [0.25, 0.3) is 21.3 Å². The first-order valence-corrected chi connectivity index (χ1v) is 8.50. The van der Waals surface area contributed by atoms with Gasteiger partial charge in [0.05, 0.1) is 11.1 Å². The molecule has 0 bridgehead atoms. The van der Waals surface area contributed by atoms with Crippen molar-refractivity contribution < 1.29 is 4.39 Å². The van der Waals surface area contributed by atoms with Crippen molar-refractivity contribution in [2.45, 2.75) is 0 Å². The summed E-state index contributed by atoms with van der Waals surface area (Å²) in [6.07, 6.45) is 0. The van der Waals surface area contributed by atoms with E-state index < -0.39 is 0 Å². The zero-order chi connectivity index (χ0) is 16.5. The van der Waals surface area contributed by atoms with E-state index in [1.807, 2.05) is 35.7 Å². The van der Waals surface area contributed by atoms with Gasteiger partial charge in [-0.15, -0.1) is 11.3 Å². The molecule has 0 aliphatic heterocycles. The minimum Gasteiger partial charge on any atom is -0.337 e. The molecule has 0 saturated carbocycles. The molecule has 3 nitrogen and oxygen atoms in total. The Kier molecular flexibility index (Phi) is 3.88. The van der Waals surface area contributed by atoms with Crippen LogP contribution in [0.15, 0.2) is 60.0 Å². The second-order valence-corrected chi connectivity index (χ2v) is 6.34. The monoisotopic (exact) mass is 355 g/mol. The Bertz CT molecular complexity index is 1020. The number of rotatable bonds is 3. The Morgan fingerprint density at radius 2 is 1.71 bits per heavy atom. The van der Waals surface area contributed by atoms with E-state index in [0.717, 1.165) is 21.3 Å². The topological polar surface area (TPSA) is 37.8 Å². The zero-order valence-electron chi connectivity index (χ0n) is 12.3.